The molecule has 1 atom stereocenters. The molecular weight excluding hydrogens is 316 g/mol. The minimum atomic E-state index is -0.488. The minimum absolute atomic E-state index is 0.0856. The summed E-state index contributed by atoms with van der Waals surface area (Å²) in [5.74, 6) is 0.748. The molecule has 1 fully saturated rings. The number of ether oxygens (including phenoxy) is 1. The third-order valence-corrected chi connectivity index (χ3v) is 4.02. The van der Waals surface area contributed by atoms with Crippen molar-refractivity contribution in [2.45, 2.75) is 45.1 Å². The van der Waals surface area contributed by atoms with Crippen molar-refractivity contribution in [1.29, 1.82) is 0 Å². The van der Waals surface area contributed by atoms with Gasteiger partial charge in [-0.25, -0.2) is 9.78 Å². The number of aromatic nitrogens is 1. The summed E-state index contributed by atoms with van der Waals surface area (Å²) >= 11 is 5.99. The predicted molar refractivity (Wildman–Crippen MR) is 88.8 cm³/mol. The number of hydrogen-bond acceptors (Lipinski definition) is 4. The standard InChI is InChI=1S/C17H21ClN2O3/c1-17(2,3)23-16(21)20-8-4-5-11(10-20)15-19-13-9-12(18)6-7-14(13)22-15/h6-7,9,11H,4-5,8,10H2,1-3H3/t11-/m1/s1. The van der Waals surface area contributed by atoms with Gasteiger partial charge in [0.25, 0.3) is 0 Å². The lowest BCUT2D eigenvalue weighted by atomic mass is 9.98. The summed E-state index contributed by atoms with van der Waals surface area (Å²) in [6.07, 6.45) is 1.57. The highest BCUT2D eigenvalue weighted by Crippen LogP contribution is 2.30. The summed E-state index contributed by atoms with van der Waals surface area (Å²) in [4.78, 5) is 18.5. The monoisotopic (exact) mass is 336 g/mol. The summed E-state index contributed by atoms with van der Waals surface area (Å²) in [7, 11) is 0. The van der Waals surface area contributed by atoms with Crippen molar-refractivity contribution >= 4 is 28.8 Å². The first-order valence-corrected chi connectivity index (χ1v) is 8.23. The maximum Gasteiger partial charge on any atom is 0.410 e. The van der Waals surface area contributed by atoms with Crippen molar-refractivity contribution in [3.8, 4) is 0 Å². The number of likely N-dealkylation sites (tertiary alicyclic amines) is 1. The van der Waals surface area contributed by atoms with Gasteiger partial charge in [-0.3, -0.25) is 0 Å². The SMILES string of the molecule is CC(C)(C)OC(=O)N1CCC[C@@H](c2nc3cc(Cl)ccc3o2)C1. The highest BCUT2D eigenvalue weighted by atomic mass is 35.5. The Morgan fingerprint density at radius 3 is 2.96 bits per heavy atom. The topological polar surface area (TPSA) is 55.6 Å². The van der Waals surface area contributed by atoms with E-state index in [9.17, 15) is 4.79 Å². The largest absolute Gasteiger partial charge is 0.444 e. The van der Waals surface area contributed by atoms with Crippen LogP contribution in [0, 0.1) is 0 Å². The van der Waals surface area contributed by atoms with Crippen LogP contribution in [0.25, 0.3) is 11.1 Å². The Balaban J connectivity index is 1.75. The Kier molecular flexibility index (Phi) is 4.23. The van der Waals surface area contributed by atoms with Crippen LogP contribution in [0.2, 0.25) is 5.02 Å². The number of amides is 1. The summed E-state index contributed by atoms with van der Waals surface area (Å²) in [5.41, 5.74) is 0.985. The molecular formula is C17H21ClN2O3. The molecule has 124 valence electrons. The second-order valence-corrected chi connectivity index (χ2v) is 7.37. The van der Waals surface area contributed by atoms with Gasteiger partial charge < -0.3 is 14.1 Å². The van der Waals surface area contributed by atoms with Gasteiger partial charge in [0.05, 0.1) is 5.92 Å². The molecule has 0 bridgehead atoms. The van der Waals surface area contributed by atoms with E-state index in [-0.39, 0.29) is 12.0 Å². The maximum atomic E-state index is 12.2. The van der Waals surface area contributed by atoms with Crippen LogP contribution in [0.15, 0.2) is 22.6 Å². The Labute approximate surface area is 140 Å². The molecule has 0 aliphatic carbocycles. The molecule has 5 nitrogen and oxygen atoms in total. The molecule has 0 N–H and O–H groups in total. The van der Waals surface area contributed by atoms with Gasteiger partial charge in [0.2, 0.25) is 0 Å². The summed E-state index contributed by atoms with van der Waals surface area (Å²) < 4.78 is 11.3. The maximum absolute atomic E-state index is 12.2. The van der Waals surface area contributed by atoms with Gasteiger partial charge in [-0.15, -0.1) is 0 Å². The van der Waals surface area contributed by atoms with Gasteiger partial charge in [-0.05, 0) is 51.8 Å². The molecule has 3 rings (SSSR count). The second kappa shape index (κ2) is 6.04. The van der Waals surface area contributed by atoms with Crippen LogP contribution < -0.4 is 0 Å². The number of hydrogen-bond donors (Lipinski definition) is 0. The molecule has 2 heterocycles. The number of oxazole rings is 1. The third-order valence-electron chi connectivity index (χ3n) is 3.79. The Bertz CT molecular complexity index is 720. The van der Waals surface area contributed by atoms with E-state index in [1.165, 1.54) is 0 Å². The zero-order valence-electron chi connectivity index (χ0n) is 13.6. The van der Waals surface area contributed by atoms with Crippen molar-refractivity contribution in [3.63, 3.8) is 0 Å². The van der Waals surface area contributed by atoms with E-state index in [0.717, 1.165) is 23.9 Å². The van der Waals surface area contributed by atoms with Gasteiger partial charge in [0.15, 0.2) is 11.5 Å². The van der Waals surface area contributed by atoms with Crippen molar-refractivity contribution in [1.82, 2.24) is 9.88 Å². The Morgan fingerprint density at radius 1 is 1.43 bits per heavy atom. The molecule has 6 heteroatoms. The van der Waals surface area contributed by atoms with E-state index in [1.807, 2.05) is 26.8 Å². The number of carbonyl (C=O) groups excluding carboxylic acids is 1. The normalized spacial score (nSPS) is 19.1. The van der Waals surface area contributed by atoms with E-state index in [0.29, 0.717) is 24.0 Å². The summed E-state index contributed by atoms with van der Waals surface area (Å²) in [6, 6.07) is 5.40. The van der Waals surface area contributed by atoms with Crippen molar-refractivity contribution < 1.29 is 13.9 Å². The molecule has 0 radical (unpaired) electrons. The molecule has 0 spiro atoms. The molecule has 2 aromatic rings. The zero-order chi connectivity index (χ0) is 16.6. The predicted octanol–water partition coefficient (Wildman–Crippen LogP) is 4.60. The first kappa shape index (κ1) is 16.1. The van der Waals surface area contributed by atoms with Crippen LogP contribution >= 0.6 is 11.6 Å². The van der Waals surface area contributed by atoms with Crippen LogP contribution in [-0.4, -0.2) is 34.7 Å². The molecule has 0 saturated carbocycles. The highest BCUT2D eigenvalue weighted by molar-refractivity contribution is 6.31. The summed E-state index contributed by atoms with van der Waals surface area (Å²) in [6.45, 7) is 6.89. The quantitative estimate of drug-likeness (QED) is 0.764. The zero-order valence-corrected chi connectivity index (χ0v) is 14.4. The molecule has 23 heavy (non-hydrogen) atoms. The van der Waals surface area contributed by atoms with Gasteiger partial charge in [0.1, 0.15) is 11.1 Å². The molecule has 1 aliphatic rings. The van der Waals surface area contributed by atoms with Gasteiger partial charge in [-0.1, -0.05) is 11.6 Å². The average Bonchev–Trinajstić information content (AvgIpc) is 2.88. The lowest BCUT2D eigenvalue weighted by molar-refractivity contribution is 0.0191. The third kappa shape index (κ3) is 3.78. The van der Waals surface area contributed by atoms with Crippen molar-refractivity contribution in [2.75, 3.05) is 13.1 Å². The smallest absolute Gasteiger partial charge is 0.410 e. The molecule has 1 aromatic carbocycles. The van der Waals surface area contributed by atoms with E-state index in [1.54, 1.807) is 17.0 Å². The minimum Gasteiger partial charge on any atom is -0.444 e. The van der Waals surface area contributed by atoms with Crippen molar-refractivity contribution in [3.05, 3.63) is 29.1 Å². The second-order valence-electron chi connectivity index (χ2n) is 6.93. The number of piperidine rings is 1. The van der Waals surface area contributed by atoms with Crippen LogP contribution in [0.3, 0.4) is 0 Å². The van der Waals surface area contributed by atoms with E-state index in [2.05, 4.69) is 4.98 Å². The number of halogens is 1. The Morgan fingerprint density at radius 2 is 2.22 bits per heavy atom. The van der Waals surface area contributed by atoms with Gasteiger partial charge in [-0.2, -0.15) is 0 Å². The number of nitrogens with zero attached hydrogens (tertiary/aromatic N) is 2. The number of carbonyl (C=O) groups is 1. The first-order valence-electron chi connectivity index (χ1n) is 7.86. The Hall–Kier alpha value is -1.75. The number of benzene rings is 1. The molecule has 1 aliphatic heterocycles. The first-order chi connectivity index (χ1) is 10.8. The summed E-state index contributed by atoms with van der Waals surface area (Å²) in [5, 5.41) is 0.636. The van der Waals surface area contributed by atoms with Crippen LogP contribution in [-0.2, 0) is 4.74 Å². The fourth-order valence-corrected chi connectivity index (χ4v) is 2.93. The highest BCUT2D eigenvalue weighted by Gasteiger charge is 2.30. The van der Waals surface area contributed by atoms with Crippen LogP contribution in [0.5, 0.6) is 0 Å². The number of fused-ring (bicyclic) bond motifs is 1. The number of rotatable bonds is 1. The van der Waals surface area contributed by atoms with Crippen LogP contribution in [0.1, 0.15) is 45.4 Å². The molecule has 1 amide bonds. The van der Waals surface area contributed by atoms with E-state index >= 15 is 0 Å². The lowest BCUT2D eigenvalue weighted by Gasteiger charge is -2.32. The van der Waals surface area contributed by atoms with Gasteiger partial charge in [0, 0.05) is 18.1 Å². The fraction of sp³-hybridized carbons (Fsp3) is 0.529. The van der Waals surface area contributed by atoms with Crippen molar-refractivity contribution in [2.24, 2.45) is 0 Å². The van der Waals surface area contributed by atoms with E-state index in [4.69, 9.17) is 20.8 Å². The lowest BCUT2D eigenvalue weighted by Crippen LogP contribution is -2.42. The van der Waals surface area contributed by atoms with E-state index < -0.39 is 5.60 Å². The van der Waals surface area contributed by atoms with Crippen LogP contribution in [0.4, 0.5) is 4.79 Å². The average molecular weight is 337 g/mol. The fourth-order valence-electron chi connectivity index (χ4n) is 2.76. The molecule has 1 aromatic heterocycles. The molecule has 0 unspecified atom stereocenters. The van der Waals surface area contributed by atoms with Gasteiger partial charge >= 0.3 is 6.09 Å². The molecule has 1 saturated heterocycles.